The molecule has 1 aliphatic rings. The Morgan fingerprint density at radius 3 is 2.46 bits per heavy atom. The molecule has 3 rings (SSSR count). The van der Waals surface area contributed by atoms with E-state index in [1.807, 2.05) is 11.8 Å². The monoisotopic (exact) mass is 322 g/mol. The van der Waals surface area contributed by atoms with Gasteiger partial charge in [0.25, 0.3) is 0 Å². The molecular weight excluding hydrogens is 296 g/mol. The average Bonchev–Trinajstić information content (AvgIpc) is 2.57. The van der Waals surface area contributed by atoms with Crippen LogP contribution in [0.5, 0.6) is 0 Å². The topological polar surface area (TPSA) is 32.3 Å². The third-order valence-corrected chi connectivity index (χ3v) is 4.80. The minimum atomic E-state index is 0.190. The van der Waals surface area contributed by atoms with Crippen molar-refractivity contribution >= 4 is 17.3 Å². The van der Waals surface area contributed by atoms with Gasteiger partial charge >= 0.3 is 0 Å². The predicted octanol–water partition coefficient (Wildman–Crippen LogP) is 4.99. The van der Waals surface area contributed by atoms with Crippen molar-refractivity contribution in [2.45, 2.75) is 52.6 Å². The van der Waals surface area contributed by atoms with Gasteiger partial charge in [-0.2, -0.15) is 0 Å². The second-order valence-electron chi connectivity index (χ2n) is 6.83. The van der Waals surface area contributed by atoms with E-state index in [4.69, 9.17) is 0 Å². The summed E-state index contributed by atoms with van der Waals surface area (Å²) in [7, 11) is 0. The SMILES string of the molecule is CCC(=O)N1c2ccc(C)cc2C(Nc2ccc(C)cc2)CC1C. The van der Waals surface area contributed by atoms with E-state index >= 15 is 0 Å². The van der Waals surface area contributed by atoms with Gasteiger partial charge in [-0.1, -0.05) is 42.3 Å². The lowest BCUT2D eigenvalue weighted by Gasteiger charge is -2.40. The zero-order valence-corrected chi connectivity index (χ0v) is 15.0. The summed E-state index contributed by atoms with van der Waals surface area (Å²) in [6.45, 7) is 8.27. The summed E-state index contributed by atoms with van der Waals surface area (Å²) in [4.78, 5) is 14.4. The van der Waals surface area contributed by atoms with Crippen LogP contribution in [-0.4, -0.2) is 11.9 Å². The summed E-state index contributed by atoms with van der Waals surface area (Å²) in [5, 5.41) is 3.66. The minimum Gasteiger partial charge on any atom is -0.378 e. The van der Waals surface area contributed by atoms with Gasteiger partial charge in [0.15, 0.2) is 0 Å². The maximum absolute atomic E-state index is 12.4. The normalized spacial score (nSPS) is 19.8. The number of carbonyl (C=O) groups excluding carboxylic acids is 1. The zero-order valence-electron chi connectivity index (χ0n) is 15.0. The molecule has 3 heteroatoms. The lowest BCUT2D eigenvalue weighted by Crippen LogP contribution is -2.44. The molecule has 2 unspecified atom stereocenters. The molecule has 1 heterocycles. The molecule has 0 radical (unpaired) electrons. The van der Waals surface area contributed by atoms with Crippen molar-refractivity contribution in [3.8, 4) is 0 Å². The summed E-state index contributed by atoms with van der Waals surface area (Å²) in [6.07, 6.45) is 1.45. The van der Waals surface area contributed by atoms with E-state index in [0.29, 0.717) is 6.42 Å². The Hall–Kier alpha value is -2.29. The first-order chi connectivity index (χ1) is 11.5. The van der Waals surface area contributed by atoms with Crippen molar-refractivity contribution < 1.29 is 4.79 Å². The molecule has 2 atom stereocenters. The number of hydrogen-bond donors (Lipinski definition) is 1. The fourth-order valence-electron chi connectivity index (χ4n) is 3.52. The molecule has 3 nitrogen and oxygen atoms in total. The van der Waals surface area contributed by atoms with Crippen LogP contribution >= 0.6 is 0 Å². The molecule has 1 amide bonds. The van der Waals surface area contributed by atoms with Crippen LogP contribution < -0.4 is 10.2 Å². The largest absolute Gasteiger partial charge is 0.378 e. The van der Waals surface area contributed by atoms with Crippen LogP contribution in [0.2, 0.25) is 0 Å². The summed E-state index contributed by atoms with van der Waals surface area (Å²) < 4.78 is 0. The van der Waals surface area contributed by atoms with Crippen LogP contribution in [0.25, 0.3) is 0 Å². The highest BCUT2D eigenvalue weighted by atomic mass is 16.2. The summed E-state index contributed by atoms with van der Waals surface area (Å²) in [5.74, 6) is 0.196. The number of aryl methyl sites for hydroxylation is 2. The van der Waals surface area contributed by atoms with Crippen molar-refractivity contribution in [2.75, 3.05) is 10.2 Å². The molecule has 0 saturated carbocycles. The molecule has 1 aliphatic heterocycles. The second kappa shape index (κ2) is 6.68. The highest BCUT2D eigenvalue weighted by molar-refractivity contribution is 5.95. The zero-order chi connectivity index (χ0) is 17.3. The van der Waals surface area contributed by atoms with Crippen molar-refractivity contribution in [1.82, 2.24) is 0 Å². The standard InChI is InChI=1S/C21H26N2O/c1-5-21(24)23-16(4)13-19(18-12-15(3)8-11-20(18)23)22-17-9-6-14(2)7-10-17/h6-12,16,19,22H,5,13H2,1-4H3. The predicted molar refractivity (Wildman–Crippen MR) is 101 cm³/mol. The maximum Gasteiger partial charge on any atom is 0.226 e. The van der Waals surface area contributed by atoms with E-state index in [2.05, 4.69) is 68.6 Å². The number of rotatable bonds is 3. The summed E-state index contributed by atoms with van der Waals surface area (Å²) >= 11 is 0. The van der Waals surface area contributed by atoms with E-state index in [1.54, 1.807) is 0 Å². The molecule has 0 spiro atoms. The Balaban J connectivity index is 1.98. The fraction of sp³-hybridized carbons (Fsp3) is 0.381. The van der Waals surface area contributed by atoms with Crippen molar-refractivity contribution in [3.05, 3.63) is 59.2 Å². The van der Waals surface area contributed by atoms with Crippen molar-refractivity contribution in [1.29, 1.82) is 0 Å². The fourth-order valence-corrected chi connectivity index (χ4v) is 3.52. The average molecular weight is 322 g/mol. The maximum atomic E-state index is 12.4. The van der Waals surface area contributed by atoms with Crippen LogP contribution in [0, 0.1) is 13.8 Å². The minimum absolute atomic E-state index is 0.190. The number of nitrogens with zero attached hydrogens (tertiary/aromatic N) is 1. The third-order valence-electron chi connectivity index (χ3n) is 4.80. The third kappa shape index (κ3) is 3.16. The van der Waals surface area contributed by atoms with E-state index in [9.17, 15) is 4.79 Å². The second-order valence-corrected chi connectivity index (χ2v) is 6.83. The molecule has 0 aliphatic carbocycles. The quantitative estimate of drug-likeness (QED) is 0.863. The van der Waals surface area contributed by atoms with Crippen LogP contribution in [0.3, 0.4) is 0 Å². The Morgan fingerprint density at radius 1 is 1.12 bits per heavy atom. The van der Waals surface area contributed by atoms with Gasteiger partial charge in [0.05, 0.1) is 6.04 Å². The molecule has 1 N–H and O–H groups in total. The molecule has 126 valence electrons. The van der Waals surface area contributed by atoms with Crippen molar-refractivity contribution in [3.63, 3.8) is 0 Å². The molecule has 0 saturated heterocycles. The number of benzene rings is 2. The first-order valence-electron chi connectivity index (χ1n) is 8.75. The van der Waals surface area contributed by atoms with Crippen LogP contribution in [0.1, 0.15) is 49.4 Å². The van der Waals surface area contributed by atoms with E-state index < -0.39 is 0 Å². The lowest BCUT2D eigenvalue weighted by atomic mass is 9.90. The number of anilines is 2. The Kier molecular flexibility index (Phi) is 4.61. The van der Waals surface area contributed by atoms with E-state index in [1.165, 1.54) is 16.7 Å². The summed E-state index contributed by atoms with van der Waals surface area (Å²) in [5.41, 5.74) is 5.88. The summed E-state index contributed by atoms with van der Waals surface area (Å²) in [6, 6.07) is 15.3. The van der Waals surface area contributed by atoms with Gasteiger partial charge < -0.3 is 10.2 Å². The molecular formula is C21H26N2O. The number of amides is 1. The first kappa shape index (κ1) is 16.6. The van der Waals surface area contributed by atoms with Crippen LogP contribution in [-0.2, 0) is 4.79 Å². The van der Waals surface area contributed by atoms with Gasteiger partial charge in [0.1, 0.15) is 0 Å². The molecule has 24 heavy (non-hydrogen) atoms. The lowest BCUT2D eigenvalue weighted by molar-refractivity contribution is -0.118. The molecule has 0 aromatic heterocycles. The molecule has 2 aromatic rings. The number of nitrogens with one attached hydrogen (secondary N) is 1. The Labute approximate surface area is 144 Å². The van der Waals surface area contributed by atoms with E-state index in [-0.39, 0.29) is 18.0 Å². The van der Waals surface area contributed by atoms with Crippen LogP contribution in [0.15, 0.2) is 42.5 Å². The van der Waals surface area contributed by atoms with Crippen molar-refractivity contribution in [2.24, 2.45) is 0 Å². The number of hydrogen-bond acceptors (Lipinski definition) is 2. The highest BCUT2D eigenvalue weighted by Crippen LogP contribution is 2.39. The van der Waals surface area contributed by atoms with E-state index in [0.717, 1.165) is 17.8 Å². The van der Waals surface area contributed by atoms with Crippen LogP contribution in [0.4, 0.5) is 11.4 Å². The molecule has 0 bridgehead atoms. The Morgan fingerprint density at radius 2 is 1.79 bits per heavy atom. The van der Waals surface area contributed by atoms with Gasteiger partial charge in [-0.15, -0.1) is 0 Å². The van der Waals surface area contributed by atoms with Gasteiger partial charge in [0.2, 0.25) is 5.91 Å². The molecule has 0 fully saturated rings. The Bertz CT molecular complexity index is 736. The van der Waals surface area contributed by atoms with Gasteiger partial charge in [-0.3, -0.25) is 4.79 Å². The van der Waals surface area contributed by atoms with Gasteiger partial charge in [-0.25, -0.2) is 0 Å². The number of carbonyl (C=O) groups is 1. The molecule has 2 aromatic carbocycles. The van der Waals surface area contributed by atoms with Gasteiger partial charge in [-0.05, 0) is 51.0 Å². The van der Waals surface area contributed by atoms with Gasteiger partial charge in [0, 0.05) is 23.8 Å². The first-order valence-corrected chi connectivity index (χ1v) is 8.75. The highest BCUT2D eigenvalue weighted by Gasteiger charge is 2.33. The smallest absolute Gasteiger partial charge is 0.226 e. The number of fused-ring (bicyclic) bond motifs is 1.